The molecule has 0 aliphatic carbocycles. The number of carbonyl (C=O) groups excluding carboxylic acids is 1. The highest BCUT2D eigenvalue weighted by Crippen LogP contribution is 2.23. The molecule has 0 saturated carbocycles. The first-order valence-corrected chi connectivity index (χ1v) is 6.70. The van der Waals surface area contributed by atoms with E-state index in [1.807, 2.05) is 30.5 Å². The predicted molar refractivity (Wildman–Crippen MR) is 67.3 cm³/mol. The van der Waals surface area contributed by atoms with Crippen LogP contribution >= 0.6 is 27.7 Å². The van der Waals surface area contributed by atoms with Crippen LogP contribution in [0.2, 0.25) is 0 Å². The van der Waals surface area contributed by atoms with Gasteiger partial charge in [-0.25, -0.2) is 0 Å². The van der Waals surface area contributed by atoms with E-state index in [9.17, 15) is 4.79 Å². The number of carbonyl (C=O) groups is 1. The summed E-state index contributed by atoms with van der Waals surface area (Å²) in [6.45, 7) is 0. The van der Waals surface area contributed by atoms with Crippen molar-refractivity contribution in [3.63, 3.8) is 0 Å². The van der Waals surface area contributed by atoms with Gasteiger partial charge in [0.25, 0.3) is 0 Å². The summed E-state index contributed by atoms with van der Waals surface area (Å²) in [5, 5.41) is 0. The zero-order valence-corrected chi connectivity index (χ0v) is 11.1. The Kier molecular flexibility index (Phi) is 5.19. The van der Waals surface area contributed by atoms with Crippen molar-refractivity contribution >= 4 is 33.7 Å². The number of esters is 1. The summed E-state index contributed by atoms with van der Waals surface area (Å²) < 4.78 is 5.80. The number of halogens is 1. The fourth-order valence-electron chi connectivity index (χ4n) is 1.30. The van der Waals surface area contributed by atoms with Crippen LogP contribution in [0.3, 0.4) is 0 Å². The number of hydrogen-bond donors (Lipinski definition) is 0. The lowest BCUT2D eigenvalue weighted by atomic mass is 10.0. The van der Waals surface area contributed by atoms with Crippen molar-refractivity contribution in [1.29, 1.82) is 0 Å². The molecule has 0 bridgehead atoms. The molecule has 1 rings (SSSR count). The van der Waals surface area contributed by atoms with Gasteiger partial charge in [0.05, 0.1) is 13.0 Å². The molecule has 0 heterocycles. The molecule has 0 aliphatic heterocycles. The normalized spacial score (nSPS) is 12.2. The topological polar surface area (TPSA) is 26.3 Å². The molecule has 1 atom stereocenters. The SMILES string of the molecule is COC(=O)C(CSC)c1ccc(Br)cc1. The Morgan fingerprint density at radius 2 is 2.07 bits per heavy atom. The van der Waals surface area contributed by atoms with Crippen LogP contribution in [-0.2, 0) is 9.53 Å². The second-order valence-corrected chi connectivity index (χ2v) is 4.91. The van der Waals surface area contributed by atoms with Gasteiger partial charge in [0.1, 0.15) is 0 Å². The Balaban J connectivity index is 2.88. The Bertz CT molecular complexity index is 324. The molecular formula is C11H13BrO2S. The summed E-state index contributed by atoms with van der Waals surface area (Å²) in [5.41, 5.74) is 0.999. The maximum Gasteiger partial charge on any atom is 0.313 e. The van der Waals surface area contributed by atoms with Crippen LogP contribution in [0.25, 0.3) is 0 Å². The van der Waals surface area contributed by atoms with E-state index in [0.29, 0.717) is 0 Å². The molecule has 1 aromatic rings. The van der Waals surface area contributed by atoms with Crippen LogP contribution < -0.4 is 0 Å². The second-order valence-electron chi connectivity index (χ2n) is 3.08. The van der Waals surface area contributed by atoms with Crippen LogP contribution in [0.4, 0.5) is 0 Å². The van der Waals surface area contributed by atoms with Crippen LogP contribution in [0.15, 0.2) is 28.7 Å². The third kappa shape index (κ3) is 3.54. The molecule has 2 nitrogen and oxygen atoms in total. The van der Waals surface area contributed by atoms with Gasteiger partial charge in [-0.05, 0) is 24.0 Å². The molecule has 0 aliphatic rings. The highest BCUT2D eigenvalue weighted by Gasteiger charge is 2.20. The van der Waals surface area contributed by atoms with Gasteiger partial charge in [-0.3, -0.25) is 4.79 Å². The predicted octanol–water partition coefficient (Wildman–Crippen LogP) is 3.07. The van der Waals surface area contributed by atoms with Crippen molar-refractivity contribution in [2.45, 2.75) is 5.92 Å². The fourth-order valence-corrected chi connectivity index (χ4v) is 2.23. The zero-order chi connectivity index (χ0) is 11.3. The molecule has 82 valence electrons. The monoisotopic (exact) mass is 288 g/mol. The Labute approximate surface area is 103 Å². The van der Waals surface area contributed by atoms with Gasteiger partial charge < -0.3 is 4.74 Å². The molecule has 1 unspecified atom stereocenters. The summed E-state index contributed by atoms with van der Waals surface area (Å²) in [5.74, 6) is 0.402. The Morgan fingerprint density at radius 3 is 2.53 bits per heavy atom. The van der Waals surface area contributed by atoms with Gasteiger partial charge in [0, 0.05) is 10.2 Å². The molecule has 0 fully saturated rings. The van der Waals surface area contributed by atoms with Gasteiger partial charge >= 0.3 is 5.97 Å². The van der Waals surface area contributed by atoms with Crippen molar-refractivity contribution < 1.29 is 9.53 Å². The lowest BCUT2D eigenvalue weighted by molar-refractivity contribution is -0.141. The van der Waals surface area contributed by atoms with E-state index in [0.717, 1.165) is 15.8 Å². The molecule has 1 aromatic carbocycles. The maximum absolute atomic E-state index is 11.5. The quantitative estimate of drug-likeness (QED) is 0.797. The first-order chi connectivity index (χ1) is 7.19. The summed E-state index contributed by atoms with van der Waals surface area (Å²) in [4.78, 5) is 11.5. The third-order valence-corrected chi connectivity index (χ3v) is 3.29. The van der Waals surface area contributed by atoms with Gasteiger partial charge in [-0.1, -0.05) is 28.1 Å². The minimum Gasteiger partial charge on any atom is -0.469 e. The molecule has 0 N–H and O–H groups in total. The van der Waals surface area contributed by atoms with Crippen LogP contribution in [0.1, 0.15) is 11.5 Å². The number of ether oxygens (including phenoxy) is 1. The van der Waals surface area contributed by atoms with E-state index in [1.54, 1.807) is 11.8 Å². The first-order valence-electron chi connectivity index (χ1n) is 4.51. The largest absolute Gasteiger partial charge is 0.469 e. The van der Waals surface area contributed by atoms with Crippen molar-refractivity contribution in [2.75, 3.05) is 19.1 Å². The van der Waals surface area contributed by atoms with Gasteiger partial charge in [0.2, 0.25) is 0 Å². The van der Waals surface area contributed by atoms with E-state index >= 15 is 0 Å². The van der Waals surface area contributed by atoms with E-state index in [2.05, 4.69) is 15.9 Å². The Hall–Kier alpha value is -0.480. The van der Waals surface area contributed by atoms with Gasteiger partial charge in [0.15, 0.2) is 0 Å². The van der Waals surface area contributed by atoms with E-state index in [1.165, 1.54) is 7.11 Å². The van der Waals surface area contributed by atoms with Crippen LogP contribution in [0.5, 0.6) is 0 Å². The number of methoxy groups -OCH3 is 1. The fraction of sp³-hybridized carbons (Fsp3) is 0.364. The summed E-state index contributed by atoms with van der Waals surface area (Å²) >= 11 is 5.01. The summed E-state index contributed by atoms with van der Waals surface area (Å²) in [7, 11) is 1.43. The molecule has 0 amide bonds. The maximum atomic E-state index is 11.5. The van der Waals surface area contributed by atoms with Gasteiger partial charge in [-0.2, -0.15) is 11.8 Å². The average Bonchev–Trinajstić information content (AvgIpc) is 2.26. The van der Waals surface area contributed by atoms with E-state index in [4.69, 9.17) is 4.74 Å². The van der Waals surface area contributed by atoms with Crippen molar-refractivity contribution in [3.05, 3.63) is 34.3 Å². The molecule has 0 radical (unpaired) electrons. The zero-order valence-electron chi connectivity index (χ0n) is 8.70. The van der Waals surface area contributed by atoms with Gasteiger partial charge in [-0.15, -0.1) is 0 Å². The lowest BCUT2D eigenvalue weighted by Crippen LogP contribution is -2.16. The number of hydrogen-bond acceptors (Lipinski definition) is 3. The minimum absolute atomic E-state index is 0.168. The molecule has 0 saturated heterocycles. The Morgan fingerprint density at radius 1 is 1.47 bits per heavy atom. The highest BCUT2D eigenvalue weighted by molar-refractivity contribution is 9.10. The molecule has 0 spiro atoms. The molecule has 15 heavy (non-hydrogen) atoms. The minimum atomic E-state index is -0.174. The third-order valence-electron chi connectivity index (χ3n) is 2.09. The molecule has 0 aromatic heterocycles. The number of benzene rings is 1. The van der Waals surface area contributed by atoms with Crippen LogP contribution in [-0.4, -0.2) is 25.1 Å². The molecule has 4 heteroatoms. The summed E-state index contributed by atoms with van der Waals surface area (Å²) in [6, 6.07) is 7.76. The lowest BCUT2D eigenvalue weighted by Gasteiger charge is -2.13. The van der Waals surface area contributed by atoms with E-state index in [-0.39, 0.29) is 11.9 Å². The van der Waals surface area contributed by atoms with E-state index < -0.39 is 0 Å². The smallest absolute Gasteiger partial charge is 0.313 e. The number of thioether (sulfide) groups is 1. The molecular weight excluding hydrogens is 276 g/mol. The average molecular weight is 289 g/mol. The van der Waals surface area contributed by atoms with Crippen molar-refractivity contribution in [1.82, 2.24) is 0 Å². The standard InChI is InChI=1S/C11H13BrO2S/c1-14-11(13)10(7-15-2)8-3-5-9(12)6-4-8/h3-6,10H,7H2,1-2H3. The second kappa shape index (κ2) is 6.18. The number of rotatable bonds is 4. The van der Waals surface area contributed by atoms with Crippen molar-refractivity contribution in [2.24, 2.45) is 0 Å². The first kappa shape index (κ1) is 12.6. The highest BCUT2D eigenvalue weighted by atomic mass is 79.9. The van der Waals surface area contributed by atoms with Crippen LogP contribution in [0, 0.1) is 0 Å². The van der Waals surface area contributed by atoms with Crippen molar-refractivity contribution in [3.8, 4) is 0 Å². The summed E-state index contributed by atoms with van der Waals surface area (Å²) in [6.07, 6.45) is 1.98.